The normalized spacial score (nSPS) is 21.6. The predicted molar refractivity (Wildman–Crippen MR) is 114 cm³/mol. The van der Waals surface area contributed by atoms with Crippen molar-refractivity contribution in [1.82, 2.24) is 24.8 Å². The summed E-state index contributed by atoms with van der Waals surface area (Å²) in [5.41, 5.74) is 1.58. The van der Waals surface area contributed by atoms with Crippen molar-refractivity contribution in [3.8, 4) is 11.5 Å². The molecule has 1 fully saturated rings. The summed E-state index contributed by atoms with van der Waals surface area (Å²) < 4.78 is 0. The van der Waals surface area contributed by atoms with Crippen molar-refractivity contribution >= 4 is 5.91 Å². The lowest BCUT2D eigenvalue weighted by Crippen LogP contribution is -2.60. The van der Waals surface area contributed by atoms with Gasteiger partial charge in [-0.3, -0.25) is 14.7 Å². The molecule has 1 aromatic carbocycles. The van der Waals surface area contributed by atoms with Gasteiger partial charge in [0.25, 0.3) is 5.91 Å². The van der Waals surface area contributed by atoms with Crippen LogP contribution < -0.4 is 0 Å². The molecule has 0 radical (unpaired) electrons. The van der Waals surface area contributed by atoms with Gasteiger partial charge in [-0.1, -0.05) is 36.4 Å². The van der Waals surface area contributed by atoms with Crippen LogP contribution in [0, 0.1) is 0 Å². The molecular formula is C23H25N5O2. The first-order valence-corrected chi connectivity index (χ1v) is 9.96. The molecule has 30 heavy (non-hydrogen) atoms. The molecule has 7 heteroatoms. The van der Waals surface area contributed by atoms with Crippen LogP contribution in [-0.4, -0.2) is 69.1 Å². The first-order chi connectivity index (χ1) is 14.5. The third-order valence-corrected chi connectivity index (χ3v) is 5.86. The average Bonchev–Trinajstić information content (AvgIpc) is 2.79. The Balaban J connectivity index is 1.52. The fraction of sp³-hybridized carbons (Fsp3) is 0.304. The predicted octanol–water partition coefficient (Wildman–Crippen LogP) is 2.20. The largest absolute Gasteiger partial charge is 0.389 e. The number of aliphatic hydroxyl groups excluding tert-OH is 1. The second-order valence-electron chi connectivity index (χ2n) is 7.71. The Morgan fingerprint density at radius 1 is 1.07 bits per heavy atom. The zero-order valence-corrected chi connectivity index (χ0v) is 17.1. The van der Waals surface area contributed by atoms with Gasteiger partial charge in [-0.15, -0.1) is 0 Å². The van der Waals surface area contributed by atoms with Crippen LogP contribution >= 0.6 is 0 Å². The monoisotopic (exact) mass is 403 g/mol. The summed E-state index contributed by atoms with van der Waals surface area (Å²) in [6.07, 6.45) is 4.63. The van der Waals surface area contributed by atoms with E-state index < -0.39 is 11.6 Å². The van der Waals surface area contributed by atoms with Gasteiger partial charge in [0.2, 0.25) is 0 Å². The number of β-amino-alcohol motifs (C(OH)–C–C–N with tert-alkyl or cyclic N) is 1. The van der Waals surface area contributed by atoms with Crippen molar-refractivity contribution in [3.05, 3.63) is 78.2 Å². The Morgan fingerprint density at radius 3 is 2.37 bits per heavy atom. The molecule has 1 amide bonds. The number of aromatic nitrogens is 3. The van der Waals surface area contributed by atoms with E-state index in [2.05, 4.69) is 19.9 Å². The van der Waals surface area contributed by atoms with Crippen molar-refractivity contribution in [2.24, 2.45) is 0 Å². The molecule has 2 aromatic heterocycles. The number of carbonyl (C=O) groups excluding carboxylic acids is 1. The fourth-order valence-corrected chi connectivity index (χ4v) is 4.20. The SMILES string of the molecule is CN(C)[C@]1(c2ccccc2)CCN(C(=O)c2cnc(-c3ccccn3)nc2)C[C@H]1O. The molecule has 0 aliphatic carbocycles. The van der Waals surface area contributed by atoms with E-state index in [0.717, 1.165) is 5.56 Å². The minimum atomic E-state index is -0.721. The number of likely N-dealkylation sites (tertiary alicyclic amines) is 1. The average molecular weight is 403 g/mol. The Kier molecular flexibility index (Phi) is 5.57. The molecule has 0 bridgehead atoms. The van der Waals surface area contributed by atoms with Crippen molar-refractivity contribution in [1.29, 1.82) is 0 Å². The minimum absolute atomic E-state index is 0.179. The van der Waals surface area contributed by atoms with Crippen molar-refractivity contribution in [2.45, 2.75) is 18.1 Å². The number of benzene rings is 1. The molecule has 0 saturated carbocycles. The van der Waals surface area contributed by atoms with Gasteiger partial charge < -0.3 is 10.0 Å². The summed E-state index contributed by atoms with van der Waals surface area (Å²) in [7, 11) is 3.94. The van der Waals surface area contributed by atoms with Crippen molar-refractivity contribution in [3.63, 3.8) is 0 Å². The summed E-state index contributed by atoms with van der Waals surface area (Å²) >= 11 is 0. The smallest absolute Gasteiger partial charge is 0.257 e. The molecule has 3 heterocycles. The lowest BCUT2D eigenvalue weighted by Gasteiger charge is -2.49. The van der Waals surface area contributed by atoms with Crippen LogP contribution in [0.15, 0.2) is 67.1 Å². The van der Waals surface area contributed by atoms with Crippen LogP contribution in [-0.2, 0) is 5.54 Å². The maximum absolute atomic E-state index is 13.0. The van der Waals surface area contributed by atoms with Crippen LogP contribution in [0.4, 0.5) is 0 Å². The number of pyridine rings is 1. The third kappa shape index (κ3) is 3.58. The van der Waals surface area contributed by atoms with E-state index in [0.29, 0.717) is 30.0 Å². The van der Waals surface area contributed by atoms with E-state index in [-0.39, 0.29) is 12.5 Å². The quantitative estimate of drug-likeness (QED) is 0.719. The van der Waals surface area contributed by atoms with Gasteiger partial charge >= 0.3 is 0 Å². The Bertz CT molecular complexity index is 995. The molecule has 1 saturated heterocycles. The van der Waals surface area contributed by atoms with E-state index in [1.165, 1.54) is 12.4 Å². The number of rotatable bonds is 4. The van der Waals surface area contributed by atoms with E-state index in [9.17, 15) is 9.90 Å². The molecule has 1 aliphatic rings. The lowest BCUT2D eigenvalue weighted by atomic mass is 9.77. The highest BCUT2D eigenvalue weighted by atomic mass is 16.3. The van der Waals surface area contributed by atoms with Gasteiger partial charge in [0.05, 0.1) is 17.2 Å². The molecule has 2 atom stereocenters. The number of aliphatic hydroxyl groups is 1. The molecule has 7 nitrogen and oxygen atoms in total. The molecule has 1 aliphatic heterocycles. The molecular weight excluding hydrogens is 378 g/mol. The first-order valence-electron chi connectivity index (χ1n) is 9.96. The second kappa shape index (κ2) is 8.30. The summed E-state index contributed by atoms with van der Waals surface area (Å²) in [6.45, 7) is 0.777. The zero-order valence-electron chi connectivity index (χ0n) is 17.1. The van der Waals surface area contributed by atoms with E-state index in [4.69, 9.17) is 0 Å². The molecule has 154 valence electrons. The molecule has 1 N–H and O–H groups in total. The van der Waals surface area contributed by atoms with Gasteiger partial charge in [0.15, 0.2) is 5.82 Å². The maximum atomic E-state index is 13.0. The van der Waals surface area contributed by atoms with E-state index in [1.54, 1.807) is 11.1 Å². The Labute approximate surface area is 176 Å². The first kappa shape index (κ1) is 20.1. The summed E-state index contributed by atoms with van der Waals surface area (Å²) in [5, 5.41) is 11.1. The highest BCUT2D eigenvalue weighted by Crippen LogP contribution is 2.37. The maximum Gasteiger partial charge on any atom is 0.257 e. The third-order valence-electron chi connectivity index (χ3n) is 5.86. The van der Waals surface area contributed by atoms with Crippen LogP contribution in [0.2, 0.25) is 0 Å². The molecule has 0 unspecified atom stereocenters. The van der Waals surface area contributed by atoms with Crippen molar-refractivity contribution < 1.29 is 9.90 Å². The van der Waals surface area contributed by atoms with Gasteiger partial charge in [-0.25, -0.2) is 9.97 Å². The highest BCUT2D eigenvalue weighted by molar-refractivity contribution is 5.93. The number of hydrogen-bond donors (Lipinski definition) is 1. The topological polar surface area (TPSA) is 82.5 Å². The highest BCUT2D eigenvalue weighted by Gasteiger charge is 2.46. The lowest BCUT2D eigenvalue weighted by molar-refractivity contribution is -0.0612. The fourth-order valence-electron chi connectivity index (χ4n) is 4.20. The number of nitrogens with zero attached hydrogens (tertiary/aromatic N) is 5. The van der Waals surface area contributed by atoms with E-state index >= 15 is 0 Å². The second-order valence-corrected chi connectivity index (χ2v) is 7.71. The molecule has 3 aromatic rings. The minimum Gasteiger partial charge on any atom is -0.389 e. The van der Waals surface area contributed by atoms with Crippen LogP contribution in [0.3, 0.4) is 0 Å². The van der Waals surface area contributed by atoms with Gasteiger partial charge in [-0.2, -0.15) is 0 Å². The summed E-state index contributed by atoms with van der Waals surface area (Å²) in [4.78, 5) is 29.6. The van der Waals surface area contributed by atoms with Crippen LogP contribution in [0.1, 0.15) is 22.3 Å². The number of hydrogen-bond acceptors (Lipinski definition) is 6. The number of amides is 1. The van der Waals surface area contributed by atoms with Gasteiger partial charge in [0, 0.05) is 31.7 Å². The number of carbonyl (C=O) groups is 1. The summed E-state index contributed by atoms with van der Waals surface area (Å²) in [6, 6.07) is 15.5. The Morgan fingerprint density at radius 2 is 1.77 bits per heavy atom. The van der Waals surface area contributed by atoms with E-state index in [1.807, 2.05) is 62.6 Å². The molecule has 0 spiro atoms. The van der Waals surface area contributed by atoms with Crippen molar-refractivity contribution in [2.75, 3.05) is 27.2 Å². The van der Waals surface area contributed by atoms with Gasteiger partial charge in [0.1, 0.15) is 5.69 Å². The molecule has 4 rings (SSSR count). The number of piperidine rings is 1. The standard InChI is InChI=1S/C23H25N5O2/c1-27(2)23(18-8-4-3-5-9-18)11-13-28(16-20(23)29)22(30)17-14-25-21(26-15-17)19-10-6-7-12-24-19/h3-10,12,14-15,20,29H,11,13,16H2,1-2H3/t20-,23+/m1/s1. The summed E-state index contributed by atoms with van der Waals surface area (Å²) in [5.74, 6) is 0.295. The van der Waals surface area contributed by atoms with Crippen LogP contribution in [0.5, 0.6) is 0 Å². The number of likely N-dealkylation sites (N-methyl/N-ethyl adjacent to an activating group) is 1. The van der Waals surface area contributed by atoms with Crippen LogP contribution in [0.25, 0.3) is 11.5 Å². The van der Waals surface area contributed by atoms with Gasteiger partial charge in [-0.05, 0) is 38.2 Å². The zero-order chi connectivity index (χ0) is 21.1. The Hall–Kier alpha value is -3.16.